The fourth-order valence-electron chi connectivity index (χ4n) is 2.10. The lowest BCUT2D eigenvalue weighted by Gasteiger charge is -2.09. The summed E-state index contributed by atoms with van der Waals surface area (Å²) in [7, 11) is 0. The molecule has 0 unspecified atom stereocenters. The van der Waals surface area contributed by atoms with E-state index in [2.05, 4.69) is 11.1 Å². The lowest BCUT2D eigenvalue weighted by Crippen LogP contribution is -1.96. The molecule has 0 spiro atoms. The highest BCUT2D eigenvalue weighted by molar-refractivity contribution is 5.44. The molecule has 1 heterocycles. The number of hydrogen-bond acceptors (Lipinski definition) is 3. The van der Waals surface area contributed by atoms with Crippen molar-refractivity contribution in [1.82, 2.24) is 9.55 Å². The minimum absolute atomic E-state index is 0.435. The Kier molecular flexibility index (Phi) is 3.40. The minimum atomic E-state index is 0.435. The summed E-state index contributed by atoms with van der Waals surface area (Å²) in [6, 6.07) is 19.4. The van der Waals surface area contributed by atoms with E-state index in [9.17, 15) is 0 Å². The molecule has 0 radical (unpaired) electrons. The number of nitriles is 1. The maximum atomic E-state index is 8.98. The third-order valence-corrected chi connectivity index (χ3v) is 3.19. The van der Waals surface area contributed by atoms with Gasteiger partial charge in [-0.15, -0.1) is 0 Å². The maximum Gasteiger partial charge on any atom is 0.161 e. The minimum Gasteiger partial charge on any atom is -0.457 e. The molecule has 0 amide bonds. The Morgan fingerprint density at radius 2 is 1.81 bits per heavy atom. The van der Waals surface area contributed by atoms with E-state index in [1.165, 1.54) is 0 Å². The van der Waals surface area contributed by atoms with Crippen LogP contribution in [0.15, 0.2) is 60.9 Å². The smallest absolute Gasteiger partial charge is 0.161 e. The molecule has 4 heteroatoms. The molecule has 0 saturated carbocycles. The van der Waals surface area contributed by atoms with Gasteiger partial charge >= 0.3 is 0 Å². The highest BCUT2D eigenvalue weighted by Gasteiger charge is 2.08. The van der Waals surface area contributed by atoms with Crippen molar-refractivity contribution in [2.75, 3.05) is 0 Å². The molecule has 2 aromatic carbocycles. The van der Waals surface area contributed by atoms with Gasteiger partial charge in [0.05, 0.1) is 11.4 Å². The second kappa shape index (κ2) is 5.51. The van der Waals surface area contributed by atoms with Gasteiger partial charge in [-0.1, -0.05) is 24.3 Å². The van der Waals surface area contributed by atoms with Gasteiger partial charge in [-0.05, 0) is 31.2 Å². The molecule has 0 aliphatic rings. The normalized spacial score (nSPS) is 10.1. The fourth-order valence-corrected chi connectivity index (χ4v) is 2.10. The van der Waals surface area contributed by atoms with Crippen molar-refractivity contribution in [2.24, 2.45) is 0 Å². The summed E-state index contributed by atoms with van der Waals surface area (Å²) in [4.78, 5) is 4.09. The standard InChI is InChI=1S/C17H13N3O/c1-13-17(11-18)19-12-20(13)14-6-5-9-16(10-14)21-15-7-3-2-4-8-15/h2-10,12H,1H3. The number of hydrogen-bond donors (Lipinski definition) is 0. The number of aromatic nitrogens is 2. The number of ether oxygens (including phenoxy) is 1. The van der Waals surface area contributed by atoms with Crippen LogP contribution in [0.2, 0.25) is 0 Å². The second-order valence-electron chi connectivity index (χ2n) is 4.57. The van der Waals surface area contributed by atoms with E-state index in [0.717, 1.165) is 22.9 Å². The zero-order valence-electron chi connectivity index (χ0n) is 11.5. The van der Waals surface area contributed by atoms with E-state index in [4.69, 9.17) is 10.00 Å². The average molecular weight is 275 g/mol. The van der Waals surface area contributed by atoms with Crippen molar-refractivity contribution >= 4 is 0 Å². The SMILES string of the molecule is Cc1c(C#N)ncn1-c1cccc(Oc2ccccc2)c1. The zero-order chi connectivity index (χ0) is 14.7. The number of rotatable bonds is 3. The first-order chi connectivity index (χ1) is 10.3. The van der Waals surface area contributed by atoms with Crippen molar-refractivity contribution in [2.45, 2.75) is 6.92 Å². The third-order valence-electron chi connectivity index (χ3n) is 3.19. The first-order valence-corrected chi connectivity index (χ1v) is 6.55. The molecule has 0 aliphatic carbocycles. The van der Waals surface area contributed by atoms with Gasteiger partial charge in [0.15, 0.2) is 5.69 Å². The van der Waals surface area contributed by atoms with Crippen molar-refractivity contribution < 1.29 is 4.74 Å². The van der Waals surface area contributed by atoms with E-state index in [-0.39, 0.29) is 0 Å². The van der Waals surface area contributed by atoms with E-state index in [1.54, 1.807) is 6.33 Å². The predicted octanol–water partition coefficient (Wildman–Crippen LogP) is 3.84. The van der Waals surface area contributed by atoms with Crippen LogP contribution in [0.4, 0.5) is 0 Å². The van der Waals surface area contributed by atoms with Gasteiger partial charge in [-0.3, -0.25) is 0 Å². The third kappa shape index (κ3) is 2.63. The lowest BCUT2D eigenvalue weighted by molar-refractivity contribution is 0.482. The summed E-state index contributed by atoms with van der Waals surface area (Å²) in [5.74, 6) is 1.53. The second-order valence-corrected chi connectivity index (χ2v) is 4.57. The van der Waals surface area contributed by atoms with Gasteiger partial charge in [-0.25, -0.2) is 4.98 Å². The van der Waals surface area contributed by atoms with Gasteiger partial charge in [0.25, 0.3) is 0 Å². The number of imidazole rings is 1. The molecule has 4 nitrogen and oxygen atoms in total. The summed E-state index contributed by atoms with van der Waals surface area (Å²) in [6.45, 7) is 1.87. The molecule has 3 rings (SSSR count). The van der Waals surface area contributed by atoms with Crippen molar-refractivity contribution in [3.63, 3.8) is 0 Å². The van der Waals surface area contributed by atoms with Crippen LogP contribution in [0.25, 0.3) is 5.69 Å². The summed E-state index contributed by atoms with van der Waals surface area (Å²) in [5.41, 5.74) is 2.16. The van der Waals surface area contributed by atoms with Crippen molar-refractivity contribution in [1.29, 1.82) is 5.26 Å². The number of nitrogens with zero attached hydrogens (tertiary/aromatic N) is 3. The van der Waals surface area contributed by atoms with Gasteiger partial charge in [0, 0.05) is 6.07 Å². The molecule has 0 atom stereocenters. The topological polar surface area (TPSA) is 50.8 Å². The highest BCUT2D eigenvalue weighted by atomic mass is 16.5. The number of benzene rings is 2. The first kappa shape index (κ1) is 12.9. The van der Waals surface area contributed by atoms with Gasteiger partial charge < -0.3 is 9.30 Å². The number of para-hydroxylation sites is 1. The Hall–Kier alpha value is -3.06. The molecule has 21 heavy (non-hydrogen) atoms. The van der Waals surface area contributed by atoms with Crippen LogP contribution in [0.1, 0.15) is 11.4 Å². The summed E-state index contributed by atoms with van der Waals surface area (Å²) in [5, 5.41) is 8.98. The summed E-state index contributed by atoms with van der Waals surface area (Å²) < 4.78 is 7.69. The molecule has 0 N–H and O–H groups in total. The predicted molar refractivity (Wildman–Crippen MR) is 79.5 cm³/mol. The Labute approximate surface area is 122 Å². The molecule has 3 aromatic rings. The van der Waals surface area contributed by atoms with Crippen LogP contribution in [0, 0.1) is 18.3 Å². The summed E-state index contributed by atoms with van der Waals surface area (Å²) in [6.07, 6.45) is 1.65. The molecule has 1 aromatic heterocycles. The lowest BCUT2D eigenvalue weighted by atomic mass is 10.2. The average Bonchev–Trinajstić information content (AvgIpc) is 2.89. The Balaban J connectivity index is 1.93. The van der Waals surface area contributed by atoms with Gasteiger partial charge in [0.2, 0.25) is 0 Å². The monoisotopic (exact) mass is 275 g/mol. The Morgan fingerprint density at radius 3 is 2.52 bits per heavy atom. The van der Waals surface area contributed by atoms with E-state index in [1.807, 2.05) is 66.1 Å². The van der Waals surface area contributed by atoms with Crippen molar-refractivity contribution in [3.8, 4) is 23.3 Å². The van der Waals surface area contributed by atoms with E-state index in [0.29, 0.717) is 5.69 Å². The molecular formula is C17H13N3O. The molecule has 0 saturated heterocycles. The van der Waals surface area contributed by atoms with Gasteiger partial charge in [0.1, 0.15) is 23.9 Å². The zero-order valence-corrected chi connectivity index (χ0v) is 11.5. The van der Waals surface area contributed by atoms with Crippen LogP contribution >= 0.6 is 0 Å². The summed E-state index contributed by atoms with van der Waals surface area (Å²) >= 11 is 0. The molecule has 0 aliphatic heterocycles. The Morgan fingerprint density at radius 1 is 1.05 bits per heavy atom. The van der Waals surface area contributed by atoms with E-state index >= 15 is 0 Å². The maximum absolute atomic E-state index is 8.98. The van der Waals surface area contributed by atoms with E-state index < -0.39 is 0 Å². The van der Waals surface area contributed by atoms with Crippen LogP contribution in [0.5, 0.6) is 11.5 Å². The fraction of sp³-hybridized carbons (Fsp3) is 0.0588. The first-order valence-electron chi connectivity index (χ1n) is 6.55. The quantitative estimate of drug-likeness (QED) is 0.729. The van der Waals surface area contributed by atoms with Crippen molar-refractivity contribution in [3.05, 3.63) is 72.3 Å². The van der Waals surface area contributed by atoms with Crippen LogP contribution in [-0.4, -0.2) is 9.55 Å². The highest BCUT2D eigenvalue weighted by Crippen LogP contribution is 2.24. The largest absolute Gasteiger partial charge is 0.457 e. The molecular weight excluding hydrogens is 262 g/mol. The Bertz CT molecular complexity index is 800. The molecule has 0 fully saturated rings. The van der Waals surface area contributed by atoms with Gasteiger partial charge in [-0.2, -0.15) is 5.26 Å². The van der Waals surface area contributed by atoms with Crippen LogP contribution in [0.3, 0.4) is 0 Å². The van der Waals surface area contributed by atoms with Crippen LogP contribution < -0.4 is 4.74 Å². The van der Waals surface area contributed by atoms with Crippen LogP contribution in [-0.2, 0) is 0 Å². The molecule has 102 valence electrons. The molecule has 0 bridgehead atoms.